The summed E-state index contributed by atoms with van der Waals surface area (Å²) in [6.45, 7) is 1.62. The molecule has 0 radical (unpaired) electrons. The molecule has 0 saturated heterocycles. The van der Waals surface area contributed by atoms with Gasteiger partial charge in [-0.1, -0.05) is 12.1 Å². The number of aryl methyl sites for hydroxylation is 1. The van der Waals surface area contributed by atoms with Crippen molar-refractivity contribution in [1.29, 1.82) is 0 Å². The van der Waals surface area contributed by atoms with E-state index in [1.165, 1.54) is 12.3 Å². The Morgan fingerprint density at radius 1 is 1.23 bits per heavy atom. The molecule has 164 valence electrons. The molecule has 30 heavy (non-hydrogen) atoms. The van der Waals surface area contributed by atoms with Gasteiger partial charge in [0.1, 0.15) is 5.01 Å². The highest BCUT2D eigenvalue weighted by molar-refractivity contribution is 7.09. The van der Waals surface area contributed by atoms with Crippen LogP contribution in [0.15, 0.2) is 29.6 Å². The number of nitrogens with zero attached hydrogens (tertiary/aromatic N) is 2. The van der Waals surface area contributed by atoms with E-state index in [0.717, 1.165) is 0 Å². The lowest BCUT2D eigenvalue weighted by Gasteiger charge is -2.27. The minimum Gasteiger partial charge on any atom is -0.374 e. The fraction of sp³-hybridized carbons (Fsp3) is 0.421. The fourth-order valence-corrected chi connectivity index (χ4v) is 3.50. The van der Waals surface area contributed by atoms with Crippen molar-refractivity contribution in [2.24, 2.45) is 0 Å². The second-order valence-corrected chi connectivity index (χ2v) is 7.95. The number of hydrogen-bond donors (Lipinski definition) is 3. The van der Waals surface area contributed by atoms with Crippen LogP contribution in [-0.4, -0.2) is 53.6 Å². The molecule has 1 aromatic carbocycles. The predicted octanol–water partition coefficient (Wildman–Crippen LogP) is 2.41. The average Bonchev–Trinajstić information content (AvgIpc) is 3.05. The molecule has 0 saturated carbocycles. The van der Waals surface area contributed by atoms with Gasteiger partial charge in [0.15, 0.2) is 0 Å². The Morgan fingerprint density at radius 3 is 2.50 bits per heavy atom. The first kappa shape index (κ1) is 23.8. The molecule has 1 aromatic heterocycles. The molecule has 1 atom stereocenters. The quantitative estimate of drug-likeness (QED) is 0.581. The van der Waals surface area contributed by atoms with Crippen LogP contribution in [0.4, 0.5) is 18.9 Å². The topological polar surface area (TPSA) is 94.6 Å². The van der Waals surface area contributed by atoms with Crippen LogP contribution in [0, 0.1) is 6.92 Å². The number of anilines is 1. The van der Waals surface area contributed by atoms with Crippen molar-refractivity contribution in [3.8, 4) is 0 Å². The van der Waals surface area contributed by atoms with Gasteiger partial charge in [0.2, 0.25) is 17.4 Å². The first-order valence-electron chi connectivity index (χ1n) is 8.92. The summed E-state index contributed by atoms with van der Waals surface area (Å²) in [7, 11) is 3.50. The Labute approximate surface area is 175 Å². The summed E-state index contributed by atoms with van der Waals surface area (Å²) in [6, 6.07) is 6.57. The number of aliphatic hydroxyl groups is 1. The number of rotatable bonds is 8. The number of carbonyl (C=O) groups excluding carboxylic acids is 2. The van der Waals surface area contributed by atoms with E-state index in [0.29, 0.717) is 28.3 Å². The zero-order valence-electron chi connectivity index (χ0n) is 16.7. The van der Waals surface area contributed by atoms with Crippen molar-refractivity contribution in [3.05, 3.63) is 45.9 Å². The van der Waals surface area contributed by atoms with Gasteiger partial charge in [-0.05, 0) is 38.7 Å². The van der Waals surface area contributed by atoms with E-state index in [4.69, 9.17) is 0 Å². The minimum absolute atomic E-state index is 0.0684. The lowest BCUT2D eigenvalue weighted by molar-refractivity contribution is -0.267. The molecule has 0 bridgehead atoms. The van der Waals surface area contributed by atoms with Crippen molar-refractivity contribution in [2.75, 3.05) is 26.0 Å². The monoisotopic (exact) mass is 444 g/mol. The van der Waals surface area contributed by atoms with Gasteiger partial charge in [-0.2, -0.15) is 13.2 Å². The summed E-state index contributed by atoms with van der Waals surface area (Å²) < 4.78 is 40.4. The number of nitrogens with one attached hydrogen (secondary N) is 2. The van der Waals surface area contributed by atoms with Gasteiger partial charge in [-0.3, -0.25) is 9.59 Å². The second-order valence-electron chi connectivity index (χ2n) is 7.09. The molecule has 0 aliphatic rings. The molecule has 0 fully saturated rings. The van der Waals surface area contributed by atoms with Crippen molar-refractivity contribution >= 4 is 28.8 Å². The molecule has 11 heteroatoms. The van der Waals surface area contributed by atoms with Crippen molar-refractivity contribution in [1.82, 2.24) is 15.2 Å². The molecule has 0 aliphatic carbocycles. The highest BCUT2D eigenvalue weighted by Crippen LogP contribution is 2.42. The number of benzene rings is 1. The first-order chi connectivity index (χ1) is 13.9. The third-order valence-corrected chi connectivity index (χ3v) is 5.13. The summed E-state index contributed by atoms with van der Waals surface area (Å²) in [5, 5.41) is 16.1. The molecular weight excluding hydrogens is 421 g/mol. The molecule has 0 spiro atoms. The van der Waals surface area contributed by atoms with Crippen LogP contribution >= 0.6 is 11.3 Å². The van der Waals surface area contributed by atoms with Crippen LogP contribution in [0.5, 0.6) is 0 Å². The lowest BCUT2D eigenvalue weighted by atomic mass is 9.99. The molecule has 7 nitrogen and oxygen atoms in total. The standard InChI is InChI=1S/C19H23F3N4O3S/c1-12-11-30-17(24-12)18(29,19(20,21)22)8-15(27)23-9-13-5-4-6-14(7-13)25-16(28)10-26(2)3/h4-7,11,29H,8-10H2,1-3H3,(H,23,27)(H,25,28). The summed E-state index contributed by atoms with van der Waals surface area (Å²) in [4.78, 5) is 29.4. The predicted molar refractivity (Wildman–Crippen MR) is 107 cm³/mol. The maximum atomic E-state index is 13.5. The maximum absolute atomic E-state index is 13.5. The Kier molecular flexibility index (Phi) is 7.56. The van der Waals surface area contributed by atoms with E-state index < -0.39 is 29.1 Å². The summed E-state index contributed by atoms with van der Waals surface area (Å²) >= 11 is 0.647. The molecule has 2 amide bonds. The number of carbonyl (C=O) groups is 2. The van der Waals surface area contributed by atoms with E-state index in [9.17, 15) is 27.9 Å². The number of amides is 2. The summed E-state index contributed by atoms with van der Waals surface area (Å²) in [5.41, 5.74) is -1.96. The first-order valence-corrected chi connectivity index (χ1v) is 9.80. The minimum atomic E-state index is -5.06. The second kappa shape index (κ2) is 9.54. The Hall–Kier alpha value is -2.50. The molecule has 2 aromatic rings. The van der Waals surface area contributed by atoms with Crippen LogP contribution in [-0.2, 0) is 21.7 Å². The zero-order chi connectivity index (χ0) is 22.5. The molecule has 1 heterocycles. The van der Waals surface area contributed by atoms with Gasteiger partial charge in [0, 0.05) is 23.3 Å². The molecular formula is C19H23F3N4O3S. The van der Waals surface area contributed by atoms with E-state index in [1.807, 2.05) is 0 Å². The highest BCUT2D eigenvalue weighted by atomic mass is 32.1. The average molecular weight is 444 g/mol. The summed E-state index contributed by atoms with van der Waals surface area (Å²) in [5.74, 6) is -1.21. The van der Waals surface area contributed by atoms with Crippen LogP contribution in [0.3, 0.4) is 0 Å². The van der Waals surface area contributed by atoms with Crippen LogP contribution in [0.1, 0.15) is 22.7 Å². The van der Waals surface area contributed by atoms with E-state index >= 15 is 0 Å². The third kappa shape index (κ3) is 6.25. The number of alkyl halides is 3. The number of hydrogen-bond acceptors (Lipinski definition) is 6. The number of thiazole rings is 1. The Balaban J connectivity index is 2.03. The third-order valence-electron chi connectivity index (χ3n) is 4.02. The molecule has 1 unspecified atom stereocenters. The molecule has 0 aliphatic heterocycles. The normalized spacial score (nSPS) is 13.7. The zero-order valence-corrected chi connectivity index (χ0v) is 17.5. The number of aromatic nitrogens is 1. The largest absolute Gasteiger partial charge is 0.424 e. The summed E-state index contributed by atoms with van der Waals surface area (Å²) in [6.07, 6.45) is -6.27. The highest BCUT2D eigenvalue weighted by Gasteiger charge is 2.58. The van der Waals surface area contributed by atoms with Gasteiger partial charge in [0.25, 0.3) is 0 Å². The van der Waals surface area contributed by atoms with Gasteiger partial charge in [-0.25, -0.2) is 4.98 Å². The molecule has 3 N–H and O–H groups in total. The van der Waals surface area contributed by atoms with Crippen LogP contribution in [0.25, 0.3) is 0 Å². The van der Waals surface area contributed by atoms with Crippen LogP contribution < -0.4 is 10.6 Å². The van der Waals surface area contributed by atoms with Crippen LogP contribution in [0.2, 0.25) is 0 Å². The number of likely N-dealkylation sites (N-methyl/N-ethyl adjacent to an activating group) is 1. The van der Waals surface area contributed by atoms with E-state index in [1.54, 1.807) is 43.3 Å². The van der Waals surface area contributed by atoms with Crippen molar-refractivity contribution in [2.45, 2.75) is 31.7 Å². The smallest absolute Gasteiger partial charge is 0.374 e. The van der Waals surface area contributed by atoms with Crippen molar-refractivity contribution < 1.29 is 27.9 Å². The fourth-order valence-electron chi connectivity index (χ4n) is 2.58. The Morgan fingerprint density at radius 2 is 1.93 bits per heavy atom. The number of halogens is 3. The van der Waals surface area contributed by atoms with Crippen molar-refractivity contribution in [3.63, 3.8) is 0 Å². The van der Waals surface area contributed by atoms with Gasteiger partial charge in [-0.15, -0.1) is 11.3 Å². The van der Waals surface area contributed by atoms with Gasteiger partial charge >= 0.3 is 6.18 Å². The van der Waals surface area contributed by atoms with E-state index in [-0.39, 0.29) is 19.0 Å². The Bertz CT molecular complexity index is 901. The molecule has 2 rings (SSSR count). The maximum Gasteiger partial charge on any atom is 0.424 e. The van der Waals surface area contributed by atoms with E-state index in [2.05, 4.69) is 15.6 Å². The SMILES string of the molecule is Cc1csc(C(O)(CC(=O)NCc2cccc(NC(=O)CN(C)C)c2)C(F)(F)F)n1. The van der Waals surface area contributed by atoms with Gasteiger partial charge in [0.05, 0.1) is 13.0 Å². The lowest BCUT2D eigenvalue weighted by Crippen LogP contribution is -2.46. The van der Waals surface area contributed by atoms with Gasteiger partial charge < -0.3 is 20.6 Å².